The van der Waals surface area contributed by atoms with Crippen molar-refractivity contribution in [1.29, 1.82) is 0 Å². The van der Waals surface area contributed by atoms with Crippen molar-refractivity contribution in [2.24, 2.45) is 0 Å². The maximum Gasteiger partial charge on any atom is 0.270 e. The highest BCUT2D eigenvalue weighted by atomic mass is 16.6. The number of hydrogen-bond donors (Lipinski definition) is 0. The molecule has 22 heavy (non-hydrogen) atoms. The number of carbonyl (C=O) groups excluding carboxylic acids is 1. The second-order valence-corrected chi connectivity index (χ2v) is 5.45. The molecule has 0 saturated carbocycles. The zero-order valence-electron chi connectivity index (χ0n) is 13.7. The van der Waals surface area contributed by atoms with Gasteiger partial charge in [0.1, 0.15) is 0 Å². The third kappa shape index (κ3) is 4.69. The quantitative estimate of drug-likeness (QED) is 0.434. The Kier molecular flexibility index (Phi) is 6.76. The van der Waals surface area contributed by atoms with Crippen molar-refractivity contribution in [2.75, 3.05) is 0 Å². The van der Waals surface area contributed by atoms with E-state index in [1.54, 1.807) is 18.2 Å². The Morgan fingerprint density at radius 1 is 1.27 bits per heavy atom. The van der Waals surface area contributed by atoms with Crippen LogP contribution in [0.3, 0.4) is 0 Å². The SMILES string of the molecule is CCC(C)N(C(=O)/C=C/c1cccc([N+](=O)[O-])c1)C(C)CC. The van der Waals surface area contributed by atoms with Gasteiger partial charge in [0.2, 0.25) is 5.91 Å². The van der Waals surface area contributed by atoms with Crippen LogP contribution in [-0.4, -0.2) is 27.8 Å². The molecule has 0 heterocycles. The maximum absolute atomic E-state index is 12.4. The molecule has 0 bridgehead atoms. The molecular weight excluding hydrogens is 280 g/mol. The molecule has 0 aliphatic rings. The van der Waals surface area contributed by atoms with Gasteiger partial charge >= 0.3 is 0 Å². The van der Waals surface area contributed by atoms with Gasteiger partial charge in [-0.1, -0.05) is 26.0 Å². The molecule has 5 heteroatoms. The number of benzene rings is 1. The number of rotatable bonds is 7. The maximum atomic E-state index is 12.4. The fraction of sp³-hybridized carbons (Fsp3) is 0.471. The van der Waals surface area contributed by atoms with E-state index in [4.69, 9.17) is 0 Å². The summed E-state index contributed by atoms with van der Waals surface area (Å²) in [4.78, 5) is 24.6. The lowest BCUT2D eigenvalue weighted by Crippen LogP contribution is -2.43. The van der Waals surface area contributed by atoms with Crippen LogP contribution in [-0.2, 0) is 4.79 Å². The summed E-state index contributed by atoms with van der Waals surface area (Å²) in [6, 6.07) is 6.58. The smallest absolute Gasteiger partial charge is 0.270 e. The fourth-order valence-corrected chi connectivity index (χ4v) is 2.26. The summed E-state index contributed by atoms with van der Waals surface area (Å²) in [6.45, 7) is 8.17. The minimum absolute atomic E-state index is 0.0234. The van der Waals surface area contributed by atoms with Gasteiger partial charge in [-0.2, -0.15) is 0 Å². The Morgan fingerprint density at radius 3 is 2.36 bits per heavy atom. The van der Waals surface area contributed by atoms with Crippen LogP contribution in [0, 0.1) is 10.1 Å². The summed E-state index contributed by atoms with van der Waals surface area (Å²) in [5, 5.41) is 10.8. The van der Waals surface area contributed by atoms with Crippen LogP contribution >= 0.6 is 0 Å². The van der Waals surface area contributed by atoms with Gasteiger partial charge in [0.25, 0.3) is 5.69 Å². The highest BCUT2D eigenvalue weighted by Crippen LogP contribution is 2.16. The number of hydrogen-bond acceptors (Lipinski definition) is 3. The zero-order valence-corrected chi connectivity index (χ0v) is 13.7. The van der Waals surface area contributed by atoms with Crippen molar-refractivity contribution in [3.8, 4) is 0 Å². The van der Waals surface area contributed by atoms with E-state index in [1.807, 2.05) is 18.7 Å². The molecule has 120 valence electrons. The van der Waals surface area contributed by atoms with Gasteiger partial charge in [-0.05, 0) is 38.3 Å². The van der Waals surface area contributed by atoms with Crippen molar-refractivity contribution >= 4 is 17.7 Å². The molecule has 0 aliphatic carbocycles. The summed E-state index contributed by atoms with van der Waals surface area (Å²) in [5.41, 5.74) is 0.672. The summed E-state index contributed by atoms with van der Waals surface area (Å²) in [5.74, 6) is -0.0600. The van der Waals surface area contributed by atoms with E-state index in [0.717, 1.165) is 12.8 Å². The van der Waals surface area contributed by atoms with E-state index >= 15 is 0 Å². The predicted molar refractivity (Wildman–Crippen MR) is 88.5 cm³/mol. The van der Waals surface area contributed by atoms with Gasteiger partial charge < -0.3 is 4.90 Å². The van der Waals surface area contributed by atoms with Gasteiger partial charge in [-0.15, -0.1) is 0 Å². The van der Waals surface area contributed by atoms with Crippen molar-refractivity contribution in [1.82, 2.24) is 4.90 Å². The lowest BCUT2D eigenvalue weighted by molar-refractivity contribution is -0.384. The number of nitro groups is 1. The van der Waals surface area contributed by atoms with E-state index in [0.29, 0.717) is 5.56 Å². The first-order chi connectivity index (χ1) is 10.4. The summed E-state index contributed by atoms with van der Waals surface area (Å²) < 4.78 is 0. The van der Waals surface area contributed by atoms with Crippen molar-refractivity contribution < 1.29 is 9.72 Å². The molecule has 5 nitrogen and oxygen atoms in total. The van der Waals surface area contributed by atoms with Crippen LogP contribution in [0.15, 0.2) is 30.3 Å². The first kappa shape index (κ1) is 17.9. The molecule has 1 rings (SSSR count). The molecule has 0 radical (unpaired) electrons. The molecular formula is C17H24N2O3. The fourth-order valence-electron chi connectivity index (χ4n) is 2.26. The first-order valence-corrected chi connectivity index (χ1v) is 7.65. The molecule has 2 unspecified atom stereocenters. The van der Waals surface area contributed by atoms with Crippen LogP contribution < -0.4 is 0 Å². The Balaban J connectivity index is 2.93. The predicted octanol–water partition coefficient (Wildman–Crippen LogP) is 4.03. The lowest BCUT2D eigenvalue weighted by atomic mass is 10.1. The number of nitrogens with zero attached hydrogens (tertiary/aromatic N) is 2. The van der Waals surface area contributed by atoms with Crippen LogP contribution in [0.2, 0.25) is 0 Å². The van der Waals surface area contributed by atoms with Gasteiger partial charge in [-0.25, -0.2) is 0 Å². The second-order valence-electron chi connectivity index (χ2n) is 5.45. The van der Waals surface area contributed by atoms with Crippen LogP contribution in [0.4, 0.5) is 5.69 Å². The third-order valence-electron chi connectivity index (χ3n) is 3.89. The van der Waals surface area contributed by atoms with Crippen LogP contribution in [0.5, 0.6) is 0 Å². The van der Waals surface area contributed by atoms with Gasteiger partial charge in [0, 0.05) is 30.3 Å². The number of non-ortho nitro benzene ring substituents is 1. The average Bonchev–Trinajstić information content (AvgIpc) is 2.52. The Labute approximate surface area is 131 Å². The standard InChI is InChI=1S/C17H24N2O3/c1-5-13(3)18(14(4)6-2)17(20)11-10-15-8-7-9-16(12-15)19(21)22/h7-14H,5-6H2,1-4H3/b11-10+. The minimum atomic E-state index is -0.441. The van der Waals surface area contributed by atoms with Crippen molar-refractivity contribution in [2.45, 2.75) is 52.6 Å². The van der Waals surface area contributed by atoms with E-state index in [9.17, 15) is 14.9 Å². The minimum Gasteiger partial charge on any atom is -0.334 e. The van der Waals surface area contributed by atoms with Gasteiger partial charge in [0.05, 0.1) is 4.92 Å². The van der Waals surface area contributed by atoms with E-state index in [1.165, 1.54) is 18.2 Å². The number of amides is 1. The van der Waals surface area contributed by atoms with Gasteiger partial charge in [-0.3, -0.25) is 14.9 Å². The number of nitro benzene ring substituents is 1. The largest absolute Gasteiger partial charge is 0.334 e. The third-order valence-corrected chi connectivity index (χ3v) is 3.89. The topological polar surface area (TPSA) is 63.5 Å². The van der Waals surface area contributed by atoms with Crippen molar-refractivity contribution in [3.63, 3.8) is 0 Å². The molecule has 0 N–H and O–H groups in total. The molecule has 0 fully saturated rings. The zero-order chi connectivity index (χ0) is 16.7. The van der Waals surface area contributed by atoms with Crippen LogP contribution in [0.1, 0.15) is 46.1 Å². The second kappa shape index (κ2) is 8.32. The van der Waals surface area contributed by atoms with E-state index < -0.39 is 4.92 Å². The molecule has 0 aliphatic heterocycles. The Bertz CT molecular complexity index is 545. The van der Waals surface area contributed by atoms with E-state index in [2.05, 4.69) is 13.8 Å². The van der Waals surface area contributed by atoms with E-state index in [-0.39, 0.29) is 23.7 Å². The molecule has 0 spiro atoms. The summed E-state index contributed by atoms with van der Waals surface area (Å²) in [7, 11) is 0. The lowest BCUT2D eigenvalue weighted by Gasteiger charge is -2.33. The molecule has 0 saturated heterocycles. The highest BCUT2D eigenvalue weighted by Gasteiger charge is 2.21. The summed E-state index contributed by atoms with van der Waals surface area (Å²) in [6.07, 6.45) is 4.91. The Morgan fingerprint density at radius 2 is 1.86 bits per heavy atom. The average molecular weight is 304 g/mol. The normalized spacial score (nSPS) is 13.8. The molecule has 1 aromatic carbocycles. The molecule has 2 atom stereocenters. The monoisotopic (exact) mass is 304 g/mol. The summed E-state index contributed by atoms with van der Waals surface area (Å²) >= 11 is 0. The molecule has 1 aromatic rings. The van der Waals surface area contributed by atoms with Crippen LogP contribution in [0.25, 0.3) is 6.08 Å². The molecule has 1 amide bonds. The van der Waals surface area contributed by atoms with Gasteiger partial charge in [0.15, 0.2) is 0 Å². The van der Waals surface area contributed by atoms with Crippen molar-refractivity contribution in [3.05, 3.63) is 46.0 Å². The first-order valence-electron chi connectivity index (χ1n) is 7.65. The Hall–Kier alpha value is -2.17. The molecule has 0 aromatic heterocycles. The highest BCUT2D eigenvalue weighted by molar-refractivity contribution is 5.92. The number of carbonyl (C=O) groups is 1.